The molecule has 4 nitrogen and oxygen atoms in total. The van der Waals surface area contributed by atoms with E-state index < -0.39 is 0 Å². The monoisotopic (exact) mass is 158 g/mol. The molecule has 0 saturated carbocycles. The molecule has 0 aliphatic carbocycles. The van der Waals surface area contributed by atoms with Crippen molar-refractivity contribution in [3.05, 3.63) is 0 Å². The van der Waals surface area contributed by atoms with Gasteiger partial charge in [-0.05, 0) is 6.42 Å². The van der Waals surface area contributed by atoms with Crippen LogP contribution in [0.25, 0.3) is 0 Å². The smallest absolute Gasteiger partial charge is 0.225 e. The van der Waals surface area contributed by atoms with E-state index in [4.69, 9.17) is 10.5 Å². The first-order chi connectivity index (χ1) is 5.34. The van der Waals surface area contributed by atoms with Crippen molar-refractivity contribution in [3.63, 3.8) is 0 Å². The largest absolute Gasteiger partial charge is 0.381 e. The highest BCUT2D eigenvalue weighted by Crippen LogP contribution is 2.11. The zero-order valence-corrected chi connectivity index (χ0v) is 6.51. The number of amides is 1. The van der Waals surface area contributed by atoms with Crippen molar-refractivity contribution < 1.29 is 9.53 Å². The van der Waals surface area contributed by atoms with Crippen LogP contribution in [-0.2, 0) is 9.53 Å². The topological polar surface area (TPSA) is 64.3 Å². The molecule has 1 amide bonds. The molecule has 3 N–H and O–H groups in total. The summed E-state index contributed by atoms with van der Waals surface area (Å²) >= 11 is 0. The number of ether oxygens (including phenoxy) is 1. The highest BCUT2D eigenvalue weighted by Gasteiger charge is 2.22. The van der Waals surface area contributed by atoms with Crippen LogP contribution < -0.4 is 11.1 Å². The van der Waals surface area contributed by atoms with Gasteiger partial charge in [-0.2, -0.15) is 0 Å². The van der Waals surface area contributed by atoms with Crippen LogP contribution in [0.3, 0.4) is 0 Å². The molecule has 4 heteroatoms. The fourth-order valence-electron chi connectivity index (χ4n) is 1.08. The third-order valence-electron chi connectivity index (χ3n) is 1.74. The van der Waals surface area contributed by atoms with Crippen molar-refractivity contribution >= 4 is 5.91 Å². The van der Waals surface area contributed by atoms with Gasteiger partial charge in [0, 0.05) is 19.7 Å². The Labute approximate surface area is 66.1 Å². The molecule has 1 fully saturated rings. The van der Waals surface area contributed by atoms with Gasteiger partial charge >= 0.3 is 0 Å². The van der Waals surface area contributed by atoms with E-state index in [0.29, 0.717) is 26.3 Å². The van der Waals surface area contributed by atoms with Crippen LogP contribution in [0.15, 0.2) is 0 Å². The number of nitrogens with two attached hydrogens (primary N) is 1. The van der Waals surface area contributed by atoms with E-state index in [1.807, 2.05) is 0 Å². The number of hydrogen-bond donors (Lipinski definition) is 2. The first-order valence-electron chi connectivity index (χ1n) is 3.90. The van der Waals surface area contributed by atoms with Crippen molar-refractivity contribution in [1.82, 2.24) is 5.32 Å². The van der Waals surface area contributed by atoms with Gasteiger partial charge < -0.3 is 15.8 Å². The van der Waals surface area contributed by atoms with E-state index in [1.165, 1.54) is 0 Å². The second-order valence-electron chi connectivity index (χ2n) is 2.64. The molecule has 0 aromatic heterocycles. The van der Waals surface area contributed by atoms with Gasteiger partial charge in [-0.25, -0.2) is 0 Å². The summed E-state index contributed by atoms with van der Waals surface area (Å²) in [7, 11) is 0. The Bertz CT molecular complexity index is 132. The summed E-state index contributed by atoms with van der Waals surface area (Å²) in [6.07, 6.45) is 0.844. The quantitative estimate of drug-likeness (QED) is 0.559. The Morgan fingerprint density at radius 1 is 1.73 bits per heavy atom. The number of hydrogen-bond acceptors (Lipinski definition) is 3. The maximum absolute atomic E-state index is 11.2. The van der Waals surface area contributed by atoms with Crippen molar-refractivity contribution in [2.24, 2.45) is 11.7 Å². The molecule has 1 unspecified atom stereocenters. The minimum absolute atomic E-state index is 0.0570. The first kappa shape index (κ1) is 8.49. The molecule has 1 saturated heterocycles. The number of carbonyl (C=O) groups is 1. The van der Waals surface area contributed by atoms with Crippen LogP contribution in [0.1, 0.15) is 6.42 Å². The SMILES string of the molecule is NCCNC(=O)C1CCOC1. The van der Waals surface area contributed by atoms with E-state index in [1.54, 1.807) is 0 Å². The van der Waals surface area contributed by atoms with Gasteiger partial charge in [-0.15, -0.1) is 0 Å². The average molecular weight is 158 g/mol. The summed E-state index contributed by atoms with van der Waals surface area (Å²) in [5.41, 5.74) is 5.23. The highest BCUT2D eigenvalue weighted by molar-refractivity contribution is 5.78. The Hall–Kier alpha value is -0.610. The Kier molecular flexibility index (Phi) is 3.32. The highest BCUT2D eigenvalue weighted by atomic mass is 16.5. The molecule has 1 heterocycles. The summed E-state index contributed by atoms with van der Waals surface area (Å²) in [6.45, 7) is 2.34. The van der Waals surface area contributed by atoms with Gasteiger partial charge in [0.2, 0.25) is 5.91 Å². The van der Waals surface area contributed by atoms with Crippen molar-refractivity contribution in [2.45, 2.75) is 6.42 Å². The molecule has 0 radical (unpaired) electrons. The molecular formula is C7H14N2O2. The summed E-state index contributed by atoms with van der Waals surface area (Å²) in [4.78, 5) is 11.2. The molecule has 64 valence electrons. The Morgan fingerprint density at radius 2 is 2.55 bits per heavy atom. The van der Waals surface area contributed by atoms with Gasteiger partial charge in [-0.1, -0.05) is 0 Å². The minimum Gasteiger partial charge on any atom is -0.381 e. The van der Waals surface area contributed by atoms with E-state index >= 15 is 0 Å². The molecule has 1 aliphatic rings. The van der Waals surface area contributed by atoms with Crippen LogP contribution in [0.2, 0.25) is 0 Å². The molecule has 0 aromatic carbocycles. The lowest BCUT2D eigenvalue weighted by Crippen LogP contribution is -2.34. The van der Waals surface area contributed by atoms with E-state index in [-0.39, 0.29) is 11.8 Å². The summed E-state index contributed by atoms with van der Waals surface area (Å²) in [6, 6.07) is 0. The fraction of sp³-hybridized carbons (Fsp3) is 0.857. The van der Waals surface area contributed by atoms with Gasteiger partial charge in [0.1, 0.15) is 0 Å². The summed E-state index contributed by atoms with van der Waals surface area (Å²) in [5.74, 6) is 0.134. The van der Waals surface area contributed by atoms with Crippen LogP contribution in [0.4, 0.5) is 0 Å². The second-order valence-corrected chi connectivity index (χ2v) is 2.64. The van der Waals surface area contributed by atoms with Gasteiger partial charge in [0.25, 0.3) is 0 Å². The number of carbonyl (C=O) groups excluding carboxylic acids is 1. The molecule has 1 atom stereocenters. The van der Waals surface area contributed by atoms with Crippen LogP contribution in [0.5, 0.6) is 0 Å². The maximum atomic E-state index is 11.2. The van der Waals surface area contributed by atoms with E-state index in [2.05, 4.69) is 5.32 Å². The zero-order valence-electron chi connectivity index (χ0n) is 6.51. The lowest BCUT2D eigenvalue weighted by molar-refractivity contribution is -0.124. The number of rotatable bonds is 3. The van der Waals surface area contributed by atoms with Crippen LogP contribution in [0, 0.1) is 5.92 Å². The average Bonchev–Trinajstić information content (AvgIpc) is 2.52. The lowest BCUT2D eigenvalue weighted by atomic mass is 10.1. The second kappa shape index (κ2) is 4.31. The zero-order chi connectivity index (χ0) is 8.10. The normalized spacial score (nSPS) is 23.5. The standard InChI is InChI=1S/C7H14N2O2/c8-2-3-9-7(10)6-1-4-11-5-6/h6H,1-5,8H2,(H,9,10). The van der Waals surface area contributed by atoms with Gasteiger partial charge in [0.05, 0.1) is 12.5 Å². The summed E-state index contributed by atoms with van der Waals surface area (Å²) < 4.78 is 5.07. The molecule has 1 aliphatic heterocycles. The molecule has 0 spiro atoms. The van der Waals surface area contributed by atoms with Crippen molar-refractivity contribution in [1.29, 1.82) is 0 Å². The fourth-order valence-corrected chi connectivity index (χ4v) is 1.08. The minimum atomic E-state index is 0.0570. The van der Waals surface area contributed by atoms with Gasteiger partial charge in [-0.3, -0.25) is 4.79 Å². The molecule has 0 aromatic rings. The predicted molar refractivity (Wildman–Crippen MR) is 41.0 cm³/mol. The maximum Gasteiger partial charge on any atom is 0.225 e. The third kappa shape index (κ3) is 2.48. The third-order valence-corrected chi connectivity index (χ3v) is 1.74. The van der Waals surface area contributed by atoms with E-state index in [9.17, 15) is 4.79 Å². The predicted octanol–water partition coefficient (Wildman–Crippen LogP) is -0.902. The summed E-state index contributed by atoms with van der Waals surface area (Å²) in [5, 5.41) is 2.73. The van der Waals surface area contributed by atoms with E-state index in [0.717, 1.165) is 6.42 Å². The van der Waals surface area contributed by atoms with Crippen LogP contribution >= 0.6 is 0 Å². The van der Waals surface area contributed by atoms with Crippen LogP contribution in [-0.4, -0.2) is 32.2 Å². The lowest BCUT2D eigenvalue weighted by Gasteiger charge is -2.07. The van der Waals surface area contributed by atoms with Gasteiger partial charge in [0.15, 0.2) is 0 Å². The molecule has 11 heavy (non-hydrogen) atoms. The number of nitrogens with one attached hydrogen (secondary N) is 1. The molecule has 0 bridgehead atoms. The molecule has 1 rings (SSSR count). The Balaban J connectivity index is 2.17. The van der Waals surface area contributed by atoms with Crippen molar-refractivity contribution in [3.8, 4) is 0 Å². The Morgan fingerprint density at radius 3 is 3.09 bits per heavy atom. The van der Waals surface area contributed by atoms with Crippen molar-refractivity contribution in [2.75, 3.05) is 26.3 Å². The molecular weight excluding hydrogens is 144 g/mol. The first-order valence-corrected chi connectivity index (χ1v) is 3.90.